The van der Waals surface area contributed by atoms with E-state index in [-0.39, 0.29) is 10.8 Å². The van der Waals surface area contributed by atoms with Crippen molar-refractivity contribution in [3.63, 3.8) is 0 Å². The van der Waals surface area contributed by atoms with Gasteiger partial charge in [0.1, 0.15) is 0 Å². The minimum absolute atomic E-state index is 0.157. The summed E-state index contributed by atoms with van der Waals surface area (Å²) in [5.41, 5.74) is 0.157. The molecule has 0 spiro atoms. The first-order chi connectivity index (χ1) is 5.85. The first-order valence-electron chi connectivity index (χ1n) is 5.15. The molecule has 1 fully saturated rings. The van der Waals surface area contributed by atoms with Gasteiger partial charge in [-0.3, -0.25) is 0 Å². The predicted molar refractivity (Wildman–Crippen MR) is 57.2 cm³/mol. The van der Waals surface area contributed by atoms with Crippen LogP contribution in [0.4, 0.5) is 0 Å². The molecule has 0 saturated heterocycles. The molecule has 0 bridgehead atoms. The Hall–Kier alpha value is 0.250. The first kappa shape index (κ1) is 11.3. The molecule has 0 aromatic carbocycles. The zero-order valence-corrected chi connectivity index (χ0v) is 10.1. The van der Waals surface area contributed by atoms with Crippen molar-refractivity contribution in [3.05, 3.63) is 0 Å². The number of ether oxygens (including phenoxy) is 1. The maximum atomic E-state index is 6.12. The van der Waals surface area contributed by atoms with E-state index in [1.165, 1.54) is 0 Å². The average Bonchev–Trinajstić information content (AvgIpc) is 2.03. The van der Waals surface area contributed by atoms with Crippen molar-refractivity contribution >= 4 is 11.6 Å². The van der Waals surface area contributed by atoms with Crippen LogP contribution in [-0.4, -0.2) is 17.6 Å². The zero-order chi connectivity index (χ0) is 10.2. The van der Waals surface area contributed by atoms with E-state index in [0.29, 0.717) is 18.1 Å². The Morgan fingerprint density at radius 2 is 1.85 bits per heavy atom. The second kappa shape index (κ2) is 3.78. The molecule has 1 aliphatic rings. The molecule has 13 heavy (non-hydrogen) atoms. The van der Waals surface area contributed by atoms with Gasteiger partial charge < -0.3 is 4.74 Å². The highest BCUT2D eigenvalue weighted by Gasteiger charge is 2.48. The highest BCUT2D eigenvalue weighted by Crippen LogP contribution is 2.46. The fourth-order valence-electron chi connectivity index (χ4n) is 1.48. The quantitative estimate of drug-likeness (QED) is 0.640. The van der Waals surface area contributed by atoms with E-state index in [9.17, 15) is 0 Å². The van der Waals surface area contributed by atoms with Crippen LogP contribution in [0.1, 0.15) is 41.0 Å². The van der Waals surface area contributed by atoms with Gasteiger partial charge in [0.2, 0.25) is 0 Å². The van der Waals surface area contributed by atoms with Crippen LogP contribution in [0.15, 0.2) is 0 Å². The minimum atomic E-state index is 0.157. The molecule has 0 N–H and O–H groups in total. The highest BCUT2D eigenvalue weighted by atomic mass is 35.5. The zero-order valence-electron chi connectivity index (χ0n) is 9.30. The highest BCUT2D eigenvalue weighted by molar-refractivity contribution is 6.21. The van der Waals surface area contributed by atoms with E-state index in [0.717, 1.165) is 6.42 Å². The van der Waals surface area contributed by atoms with Crippen LogP contribution in [0, 0.1) is 11.3 Å². The lowest BCUT2D eigenvalue weighted by atomic mass is 9.68. The van der Waals surface area contributed by atoms with Crippen molar-refractivity contribution < 1.29 is 4.74 Å². The smallest absolute Gasteiger partial charge is 0.0658 e. The number of halogens is 1. The van der Waals surface area contributed by atoms with Gasteiger partial charge in [0.15, 0.2) is 0 Å². The van der Waals surface area contributed by atoms with E-state index in [2.05, 4.69) is 34.6 Å². The maximum absolute atomic E-state index is 6.12. The van der Waals surface area contributed by atoms with Crippen LogP contribution < -0.4 is 0 Å². The lowest BCUT2D eigenvalue weighted by Crippen LogP contribution is -2.53. The number of rotatable bonds is 3. The molecular formula is C11H21ClO. The van der Waals surface area contributed by atoms with Gasteiger partial charge in [0, 0.05) is 10.8 Å². The Balaban J connectivity index is 2.40. The third-order valence-corrected chi connectivity index (χ3v) is 4.12. The van der Waals surface area contributed by atoms with Gasteiger partial charge in [-0.2, -0.15) is 0 Å². The number of hydrogen-bond donors (Lipinski definition) is 0. The summed E-state index contributed by atoms with van der Waals surface area (Å²) in [6, 6.07) is 0. The van der Waals surface area contributed by atoms with Gasteiger partial charge in [-0.1, -0.05) is 27.7 Å². The summed E-state index contributed by atoms with van der Waals surface area (Å²) in [5, 5.41) is 0.289. The van der Waals surface area contributed by atoms with Crippen molar-refractivity contribution in [2.75, 3.05) is 0 Å². The Morgan fingerprint density at radius 1 is 1.31 bits per heavy atom. The third-order valence-electron chi connectivity index (χ3n) is 3.38. The molecule has 1 aliphatic carbocycles. The van der Waals surface area contributed by atoms with Crippen LogP contribution in [-0.2, 0) is 4.74 Å². The molecule has 1 saturated carbocycles. The third kappa shape index (κ3) is 2.19. The molecule has 0 amide bonds. The Bertz CT molecular complexity index is 177. The van der Waals surface area contributed by atoms with Crippen LogP contribution in [0.5, 0.6) is 0 Å². The molecule has 0 radical (unpaired) electrons. The minimum Gasteiger partial charge on any atom is -0.374 e. The molecule has 0 aliphatic heterocycles. The molecule has 78 valence electrons. The summed E-state index contributed by atoms with van der Waals surface area (Å²) in [7, 11) is 0. The fraction of sp³-hybridized carbons (Fsp3) is 1.00. The monoisotopic (exact) mass is 204 g/mol. The van der Waals surface area contributed by atoms with E-state index >= 15 is 0 Å². The van der Waals surface area contributed by atoms with Crippen molar-refractivity contribution in [1.29, 1.82) is 0 Å². The lowest BCUT2D eigenvalue weighted by Gasteiger charge is -2.49. The van der Waals surface area contributed by atoms with Crippen molar-refractivity contribution in [1.82, 2.24) is 0 Å². The predicted octanol–water partition coefficient (Wildman–Crippen LogP) is 3.45. The molecule has 0 aromatic rings. The topological polar surface area (TPSA) is 9.23 Å². The van der Waals surface area contributed by atoms with Crippen LogP contribution in [0.2, 0.25) is 0 Å². The van der Waals surface area contributed by atoms with E-state index < -0.39 is 0 Å². The van der Waals surface area contributed by atoms with Gasteiger partial charge in [0.05, 0.1) is 12.2 Å². The van der Waals surface area contributed by atoms with Gasteiger partial charge in [-0.25, -0.2) is 0 Å². The average molecular weight is 205 g/mol. The summed E-state index contributed by atoms with van der Waals surface area (Å²) in [6.45, 7) is 10.9. The second-order valence-electron chi connectivity index (χ2n) is 5.10. The largest absolute Gasteiger partial charge is 0.374 e. The Kier molecular flexibility index (Phi) is 3.29. The number of alkyl halides is 1. The SMILES string of the molecule is CC(C)C(C)OC1CC(Cl)C1(C)C. The molecule has 2 heteroatoms. The van der Waals surface area contributed by atoms with Gasteiger partial charge >= 0.3 is 0 Å². The van der Waals surface area contributed by atoms with E-state index in [1.807, 2.05) is 0 Å². The van der Waals surface area contributed by atoms with Crippen molar-refractivity contribution in [3.8, 4) is 0 Å². The Morgan fingerprint density at radius 3 is 2.15 bits per heavy atom. The van der Waals surface area contributed by atoms with Crippen LogP contribution >= 0.6 is 11.6 Å². The van der Waals surface area contributed by atoms with Crippen LogP contribution in [0.25, 0.3) is 0 Å². The summed E-state index contributed by atoms with van der Waals surface area (Å²) in [5.74, 6) is 0.588. The molecule has 1 rings (SSSR count). The fourth-order valence-corrected chi connectivity index (χ4v) is 1.79. The first-order valence-corrected chi connectivity index (χ1v) is 5.59. The van der Waals surface area contributed by atoms with Crippen molar-refractivity contribution in [2.45, 2.75) is 58.6 Å². The van der Waals surface area contributed by atoms with Crippen LogP contribution in [0.3, 0.4) is 0 Å². The molecule has 3 unspecified atom stereocenters. The molecule has 0 aromatic heterocycles. The standard InChI is InChI=1S/C11H21ClO/c1-7(2)8(3)13-10-6-9(12)11(10,4)5/h7-10H,6H2,1-5H3. The normalized spacial score (nSPS) is 34.4. The molecule has 3 atom stereocenters. The van der Waals surface area contributed by atoms with Crippen molar-refractivity contribution in [2.24, 2.45) is 11.3 Å². The van der Waals surface area contributed by atoms with E-state index in [4.69, 9.17) is 16.3 Å². The lowest BCUT2D eigenvalue weighted by molar-refractivity contribution is -0.130. The second-order valence-corrected chi connectivity index (χ2v) is 5.63. The Labute approximate surface area is 86.8 Å². The van der Waals surface area contributed by atoms with Gasteiger partial charge in [-0.15, -0.1) is 11.6 Å². The summed E-state index contributed by atoms with van der Waals surface area (Å²) in [4.78, 5) is 0. The maximum Gasteiger partial charge on any atom is 0.0658 e. The molecular weight excluding hydrogens is 184 g/mol. The molecule has 1 nitrogen and oxygen atoms in total. The number of hydrogen-bond acceptors (Lipinski definition) is 1. The summed E-state index contributed by atoms with van der Waals surface area (Å²) < 4.78 is 5.95. The summed E-state index contributed by atoms with van der Waals surface area (Å²) in [6.07, 6.45) is 1.70. The van der Waals surface area contributed by atoms with Gasteiger partial charge in [-0.05, 0) is 19.3 Å². The van der Waals surface area contributed by atoms with Gasteiger partial charge in [0.25, 0.3) is 0 Å². The molecule has 0 heterocycles. The summed E-state index contributed by atoms with van der Waals surface area (Å²) >= 11 is 6.12. The van der Waals surface area contributed by atoms with E-state index in [1.54, 1.807) is 0 Å².